The first-order valence-electron chi connectivity index (χ1n) is 9.73. The molecule has 6 nitrogen and oxygen atoms in total. The topological polar surface area (TPSA) is 70.2 Å². The zero-order valence-corrected chi connectivity index (χ0v) is 16.2. The van der Waals surface area contributed by atoms with Gasteiger partial charge in [0.1, 0.15) is 0 Å². The summed E-state index contributed by atoms with van der Waals surface area (Å²) in [6.07, 6.45) is 2.69. The van der Waals surface area contributed by atoms with E-state index in [1.807, 2.05) is 32.0 Å². The number of carbonyl (C=O) groups excluding carboxylic acids is 1. The van der Waals surface area contributed by atoms with E-state index in [4.69, 9.17) is 4.98 Å². The normalized spacial score (nSPS) is 16.5. The average Bonchev–Trinajstić information content (AvgIpc) is 3.15. The summed E-state index contributed by atoms with van der Waals surface area (Å²) in [5.74, 6) is 0.708. The quantitative estimate of drug-likeness (QED) is 0.731. The Morgan fingerprint density at radius 2 is 1.96 bits per heavy atom. The predicted molar refractivity (Wildman–Crippen MR) is 112 cm³/mol. The van der Waals surface area contributed by atoms with Crippen molar-refractivity contribution in [2.75, 3.05) is 18.0 Å². The van der Waals surface area contributed by atoms with Gasteiger partial charge in [0.15, 0.2) is 0 Å². The monoisotopic (exact) mass is 375 g/mol. The molecule has 0 spiro atoms. The van der Waals surface area contributed by atoms with E-state index in [1.54, 1.807) is 6.20 Å². The first-order chi connectivity index (χ1) is 13.6. The number of urea groups is 1. The molecule has 2 heterocycles. The maximum absolute atomic E-state index is 11.9. The molecule has 0 radical (unpaired) electrons. The molecule has 0 bridgehead atoms. The van der Waals surface area contributed by atoms with E-state index in [9.17, 15) is 4.79 Å². The molecule has 0 unspecified atom stereocenters. The molecule has 6 heteroatoms. The molecule has 4 rings (SSSR count). The Hall–Kier alpha value is -3.15. The second-order valence-electron chi connectivity index (χ2n) is 7.51. The first kappa shape index (κ1) is 18.2. The van der Waals surface area contributed by atoms with E-state index >= 15 is 0 Å². The summed E-state index contributed by atoms with van der Waals surface area (Å²) < 4.78 is 0. The highest BCUT2D eigenvalue weighted by atomic mass is 16.2. The number of anilines is 1. The summed E-state index contributed by atoms with van der Waals surface area (Å²) in [6.45, 7) is 5.44. The molecular formula is C22H25N5O. The second kappa shape index (κ2) is 7.84. The van der Waals surface area contributed by atoms with Gasteiger partial charge < -0.3 is 15.5 Å². The Bertz CT molecular complexity index is 987. The van der Waals surface area contributed by atoms with Crippen molar-refractivity contribution >= 4 is 22.8 Å². The van der Waals surface area contributed by atoms with Crippen LogP contribution in [0.3, 0.4) is 0 Å². The second-order valence-corrected chi connectivity index (χ2v) is 7.51. The first-order valence-corrected chi connectivity index (χ1v) is 9.73. The smallest absolute Gasteiger partial charge is 0.315 e. The zero-order chi connectivity index (χ0) is 19.5. The van der Waals surface area contributed by atoms with Crippen LogP contribution in [0.4, 0.5) is 10.7 Å². The summed E-state index contributed by atoms with van der Waals surface area (Å²) in [6, 6.07) is 16.7. The van der Waals surface area contributed by atoms with Gasteiger partial charge in [0, 0.05) is 36.9 Å². The fraction of sp³-hybridized carbons (Fsp3) is 0.318. The van der Waals surface area contributed by atoms with Crippen LogP contribution in [0, 0.1) is 0 Å². The minimum absolute atomic E-state index is 0.103. The number of amides is 2. The average molecular weight is 375 g/mol. The van der Waals surface area contributed by atoms with Gasteiger partial charge in [-0.25, -0.2) is 14.8 Å². The number of rotatable bonds is 4. The number of hydrogen-bond acceptors (Lipinski definition) is 4. The maximum atomic E-state index is 11.9. The number of aromatic nitrogens is 2. The van der Waals surface area contributed by atoms with Crippen LogP contribution in [0.15, 0.2) is 54.7 Å². The van der Waals surface area contributed by atoms with Crippen LogP contribution < -0.4 is 15.5 Å². The van der Waals surface area contributed by atoms with Crippen LogP contribution >= 0.6 is 0 Å². The molecule has 2 N–H and O–H groups in total. The molecule has 1 fully saturated rings. The highest BCUT2D eigenvalue weighted by Gasteiger charge is 2.26. The summed E-state index contributed by atoms with van der Waals surface area (Å²) >= 11 is 0. The lowest BCUT2D eigenvalue weighted by Gasteiger charge is -2.18. The summed E-state index contributed by atoms with van der Waals surface area (Å²) in [5.41, 5.74) is 1.98. The number of hydrogen-bond donors (Lipinski definition) is 2. The van der Waals surface area contributed by atoms with Gasteiger partial charge in [0.25, 0.3) is 0 Å². The molecule has 0 saturated carbocycles. The zero-order valence-electron chi connectivity index (χ0n) is 16.2. The van der Waals surface area contributed by atoms with Crippen molar-refractivity contribution in [3.63, 3.8) is 0 Å². The number of nitrogens with one attached hydrogen (secondary N) is 2. The van der Waals surface area contributed by atoms with Crippen LogP contribution in [-0.4, -0.2) is 41.2 Å². The molecule has 2 amide bonds. The Morgan fingerprint density at radius 3 is 2.79 bits per heavy atom. The summed E-state index contributed by atoms with van der Waals surface area (Å²) in [4.78, 5) is 23.3. The third-order valence-electron chi connectivity index (χ3n) is 4.91. The summed E-state index contributed by atoms with van der Waals surface area (Å²) in [5, 5.41) is 8.31. The molecule has 1 aliphatic heterocycles. The van der Waals surface area contributed by atoms with Gasteiger partial charge in [-0.05, 0) is 43.2 Å². The lowest BCUT2D eigenvalue weighted by atomic mass is 10.1. The molecule has 1 saturated heterocycles. The van der Waals surface area contributed by atoms with E-state index in [2.05, 4.69) is 50.8 Å². The Balaban J connectivity index is 1.48. The van der Waals surface area contributed by atoms with E-state index in [1.165, 1.54) is 10.8 Å². The summed E-state index contributed by atoms with van der Waals surface area (Å²) in [7, 11) is 0. The number of nitrogens with zero attached hydrogens (tertiary/aromatic N) is 3. The van der Waals surface area contributed by atoms with Gasteiger partial charge in [0.05, 0.1) is 5.69 Å². The molecular weight excluding hydrogens is 350 g/mol. The van der Waals surface area contributed by atoms with Crippen molar-refractivity contribution in [3.8, 4) is 11.3 Å². The molecule has 2 aromatic carbocycles. The van der Waals surface area contributed by atoms with E-state index in [0.29, 0.717) is 12.5 Å². The molecule has 1 aliphatic rings. The molecule has 1 atom stereocenters. The van der Waals surface area contributed by atoms with Gasteiger partial charge in [-0.3, -0.25) is 0 Å². The van der Waals surface area contributed by atoms with Crippen LogP contribution in [0.2, 0.25) is 0 Å². The standard InChI is InChI=1S/C22H25N5O/c1-15(2)24-22(28)25-19-10-12-27(14-19)21-23-11-9-20(26-21)18-8-7-16-5-3-4-6-17(16)13-18/h3-9,11,13,15,19H,10,12,14H2,1-2H3,(H2,24,25,28)/t19-/m0/s1. The van der Waals surface area contributed by atoms with Crippen molar-refractivity contribution in [1.29, 1.82) is 0 Å². The van der Waals surface area contributed by atoms with E-state index in [-0.39, 0.29) is 18.1 Å². The molecule has 144 valence electrons. The van der Waals surface area contributed by atoms with Crippen LogP contribution in [-0.2, 0) is 0 Å². The van der Waals surface area contributed by atoms with Crippen LogP contribution in [0.1, 0.15) is 20.3 Å². The third kappa shape index (κ3) is 4.06. The lowest BCUT2D eigenvalue weighted by molar-refractivity contribution is 0.235. The van der Waals surface area contributed by atoms with Gasteiger partial charge in [-0.1, -0.05) is 36.4 Å². The van der Waals surface area contributed by atoms with Crippen molar-refractivity contribution < 1.29 is 4.79 Å². The molecule has 0 aliphatic carbocycles. The van der Waals surface area contributed by atoms with Gasteiger partial charge in [-0.15, -0.1) is 0 Å². The van der Waals surface area contributed by atoms with Crippen molar-refractivity contribution in [3.05, 3.63) is 54.7 Å². The highest BCUT2D eigenvalue weighted by molar-refractivity contribution is 5.86. The van der Waals surface area contributed by atoms with Crippen molar-refractivity contribution in [2.45, 2.75) is 32.4 Å². The van der Waals surface area contributed by atoms with E-state index < -0.39 is 0 Å². The number of benzene rings is 2. The van der Waals surface area contributed by atoms with Crippen molar-refractivity contribution in [1.82, 2.24) is 20.6 Å². The Morgan fingerprint density at radius 1 is 1.14 bits per heavy atom. The Kier molecular flexibility index (Phi) is 5.10. The number of fused-ring (bicyclic) bond motifs is 1. The van der Waals surface area contributed by atoms with Crippen LogP contribution in [0.5, 0.6) is 0 Å². The fourth-order valence-electron chi connectivity index (χ4n) is 3.56. The molecule has 28 heavy (non-hydrogen) atoms. The van der Waals surface area contributed by atoms with Gasteiger partial charge in [0.2, 0.25) is 5.95 Å². The SMILES string of the molecule is CC(C)NC(=O)N[C@H]1CCN(c2nccc(-c3ccc4ccccc4c3)n2)C1. The van der Waals surface area contributed by atoms with E-state index in [0.717, 1.165) is 24.2 Å². The Labute approximate surface area is 165 Å². The lowest BCUT2D eigenvalue weighted by Crippen LogP contribution is -2.45. The largest absolute Gasteiger partial charge is 0.339 e. The minimum atomic E-state index is -0.118. The predicted octanol–water partition coefficient (Wildman–Crippen LogP) is 3.58. The molecule has 3 aromatic rings. The maximum Gasteiger partial charge on any atom is 0.315 e. The van der Waals surface area contributed by atoms with Crippen molar-refractivity contribution in [2.24, 2.45) is 0 Å². The van der Waals surface area contributed by atoms with Crippen LogP contribution in [0.25, 0.3) is 22.0 Å². The number of carbonyl (C=O) groups is 1. The highest BCUT2D eigenvalue weighted by Crippen LogP contribution is 2.25. The fourth-order valence-corrected chi connectivity index (χ4v) is 3.56. The van der Waals surface area contributed by atoms with Gasteiger partial charge >= 0.3 is 6.03 Å². The van der Waals surface area contributed by atoms with Gasteiger partial charge in [-0.2, -0.15) is 0 Å². The minimum Gasteiger partial charge on any atom is -0.339 e. The third-order valence-corrected chi connectivity index (χ3v) is 4.91. The molecule has 1 aromatic heterocycles.